The second-order valence-corrected chi connectivity index (χ2v) is 22.8. The normalized spacial score (nSPS) is 22.5. The number of primary amides is 1. The number of nitrogens with one attached hydrogen (secondary N) is 11. The lowest BCUT2D eigenvalue weighted by Crippen LogP contribution is -2.63. The lowest BCUT2D eigenvalue weighted by molar-refractivity contribution is -0.157. The van der Waals surface area contributed by atoms with E-state index >= 15 is 0 Å². The molecule has 3 rings (SSSR count). The number of rotatable bonds is 33. The Labute approximate surface area is 511 Å². The van der Waals surface area contributed by atoms with Crippen LogP contribution in [-0.4, -0.2) is 188 Å². The first-order chi connectivity index (χ1) is 41.5. The number of benzene rings is 1. The number of halogens is 2. The summed E-state index contributed by atoms with van der Waals surface area (Å²) in [6, 6.07) is -6.32. The number of aliphatic hydroxyl groups excluding tert-OH is 2. The fraction of sp³-hybridized carbons (Fsp3) is 0.690. The van der Waals surface area contributed by atoms with Crippen LogP contribution in [0.5, 0.6) is 5.75 Å². The highest BCUT2D eigenvalue weighted by Crippen LogP contribution is 2.47. The fourth-order valence-electron chi connectivity index (χ4n) is 9.72. The zero-order valence-corrected chi connectivity index (χ0v) is 52.0. The number of hydrogen-bond donors (Lipinski definition) is 14. The molecule has 15 N–H and O–H groups in total. The summed E-state index contributed by atoms with van der Waals surface area (Å²) in [6.45, 7) is 11.6. The molecular formula is C58H92F2N12O16. The van der Waals surface area contributed by atoms with Gasteiger partial charge in [-0.2, -0.15) is 0 Å². The zero-order valence-electron chi connectivity index (χ0n) is 52.0. The highest BCUT2D eigenvalue weighted by atomic mass is 19.3. The predicted molar refractivity (Wildman–Crippen MR) is 314 cm³/mol. The molecule has 0 aromatic heterocycles. The highest BCUT2D eigenvalue weighted by Gasteiger charge is 2.62. The maximum absolute atomic E-state index is 14.4. The molecule has 494 valence electrons. The van der Waals surface area contributed by atoms with Crippen LogP contribution < -0.4 is 69.0 Å². The first-order valence-electron chi connectivity index (χ1n) is 29.8. The van der Waals surface area contributed by atoms with E-state index < -0.39 is 212 Å². The number of methoxy groups -OCH3 is 1. The molecular weight excluding hydrogens is 1160 g/mol. The van der Waals surface area contributed by atoms with Crippen molar-refractivity contribution in [2.24, 2.45) is 35.3 Å². The summed E-state index contributed by atoms with van der Waals surface area (Å²) in [5.74, 6) is -14.5. The van der Waals surface area contributed by atoms with Crippen LogP contribution in [0, 0.1) is 29.6 Å². The lowest BCUT2D eigenvalue weighted by atomic mass is 9.94. The molecule has 88 heavy (non-hydrogen) atoms. The van der Waals surface area contributed by atoms with Gasteiger partial charge < -0.3 is 83.9 Å². The van der Waals surface area contributed by atoms with E-state index in [1.165, 1.54) is 14.0 Å². The number of cyclic esters (lactones) is 1. The topological polar surface area (TPSA) is 422 Å². The zero-order chi connectivity index (χ0) is 66.3. The molecule has 16 atom stereocenters. The molecule has 0 unspecified atom stereocenters. The van der Waals surface area contributed by atoms with Crippen LogP contribution in [-0.2, 0) is 68.7 Å². The average molecular weight is 1250 g/mol. The third-order valence-electron chi connectivity index (χ3n) is 16.5. The van der Waals surface area contributed by atoms with E-state index in [4.69, 9.17) is 15.2 Å². The molecule has 1 aliphatic heterocycles. The van der Waals surface area contributed by atoms with Crippen molar-refractivity contribution in [2.75, 3.05) is 33.9 Å². The number of carbonyl (C=O) groups excluding carboxylic acids is 12. The lowest BCUT2D eigenvalue weighted by Gasteiger charge is -2.31. The Balaban J connectivity index is 1.83. The van der Waals surface area contributed by atoms with Gasteiger partial charge in [-0.1, -0.05) is 93.2 Å². The third-order valence-corrected chi connectivity index (χ3v) is 16.5. The van der Waals surface area contributed by atoms with Crippen LogP contribution in [0.3, 0.4) is 0 Å². The molecule has 1 aromatic rings. The molecule has 1 saturated carbocycles. The fourth-order valence-corrected chi connectivity index (χ4v) is 9.72. The average Bonchev–Trinajstić information content (AvgIpc) is 1.60. The van der Waals surface area contributed by atoms with Crippen molar-refractivity contribution in [2.45, 2.75) is 193 Å². The standard InChI is InChI=1S/C58H92F2N12O16/c1-12-28(5)43(68-49(78)37(62-10)22-33-16-18-35(87-11)19-17-33)53(82)65-38(26-73)50(79)64-36(20-21-41(61)75)48(77)67-45(30(7)14-3)55(84)69-44(29(6)13-2)54(83)66-39(27-74)51(80)70-47-32(9)88-56(85)46(31(8)15-4)71-57(86)58(24-34(58)23-40(59)60)72-42(76)25-63-52(47)81/h16-19,28-32,34,36-40,43-47,62,73-74H,12-15,20-27H2,1-11H3,(H2,61,75)(H,63,81)(H,64,79)(H,65,82)(H,66,83)(H,67,77)(H,68,78)(H,69,84)(H,70,80)(H,71,86)(H,72,76)/t28-,29-,30-,31-,32-,34+,36+,37+,38-,39-,43-,44-,45+,46-,47+,58+/m0/s1. The predicted octanol–water partition coefficient (Wildman–Crippen LogP) is -2.27. The van der Waals surface area contributed by atoms with Crippen molar-refractivity contribution in [3.05, 3.63) is 29.8 Å². The number of amides is 11. The smallest absolute Gasteiger partial charge is 0.329 e. The van der Waals surface area contributed by atoms with Gasteiger partial charge in [-0.3, -0.25) is 52.7 Å². The van der Waals surface area contributed by atoms with Gasteiger partial charge in [-0.15, -0.1) is 0 Å². The largest absolute Gasteiger partial charge is 0.497 e. The van der Waals surface area contributed by atoms with E-state index in [0.717, 1.165) is 5.56 Å². The number of aliphatic hydroxyl groups is 2. The Bertz CT molecular complexity index is 2600. The highest BCUT2D eigenvalue weighted by molar-refractivity contribution is 6.00. The van der Waals surface area contributed by atoms with E-state index in [9.17, 15) is 76.5 Å². The summed E-state index contributed by atoms with van der Waals surface area (Å²) in [4.78, 5) is 165. The van der Waals surface area contributed by atoms with Crippen molar-refractivity contribution >= 4 is 70.9 Å². The van der Waals surface area contributed by atoms with Gasteiger partial charge in [0.25, 0.3) is 0 Å². The first kappa shape index (κ1) is 74.7. The van der Waals surface area contributed by atoms with E-state index in [1.54, 1.807) is 86.7 Å². The van der Waals surface area contributed by atoms with Gasteiger partial charge in [0.1, 0.15) is 65.7 Å². The second kappa shape index (κ2) is 35.4. The van der Waals surface area contributed by atoms with Crippen LogP contribution in [0.1, 0.15) is 119 Å². The maximum atomic E-state index is 14.4. The number of hydrogen-bond acceptors (Lipinski definition) is 17. The van der Waals surface area contributed by atoms with Gasteiger partial charge in [0.15, 0.2) is 0 Å². The Kier molecular flexibility index (Phi) is 30.0. The van der Waals surface area contributed by atoms with E-state index in [-0.39, 0.29) is 25.7 Å². The molecule has 1 saturated heterocycles. The molecule has 0 bridgehead atoms. The van der Waals surface area contributed by atoms with Gasteiger partial charge in [0.05, 0.1) is 32.9 Å². The Morgan fingerprint density at radius 1 is 0.705 bits per heavy atom. The Morgan fingerprint density at radius 3 is 1.65 bits per heavy atom. The summed E-state index contributed by atoms with van der Waals surface area (Å²) in [5.41, 5.74) is 4.41. The third kappa shape index (κ3) is 21.3. The van der Waals surface area contributed by atoms with Gasteiger partial charge >= 0.3 is 5.97 Å². The number of alkyl halides is 2. The van der Waals surface area contributed by atoms with Gasteiger partial charge in [-0.25, -0.2) is 13.6 Å². The van der Waals surface area contributed by atoms with Crippen LogP contribution in [0.15, 0.2) is 24.3 Å². The molecule has 1 aromatic carbocycles. The Morgan fingerprint density at radius 2 is 1.18 bits per heavy atom. The van der Waals surface area contributed by atoms with Crippen molar-refractivity contribution in [3.8, 4) is 5.75 Å². The van der Waals surface area contributed by atoms with Gasteiger partial charge in [0.2, 0.25) is 71.4 Å². The number of ether oxygens (including phenoxy) is 2. The molecule has 30 heteroatoms. The van der Waals surface area contributed by atoms with Gasteiger partial charge in [-0.05, 0) is 80.5 Å². The van der Waals surface area contributed by atoms with Crippen LogP contribution in [0.4, 0.5) is 8.78 Å². The second-order valence-electron chi connectivity index (χ2n) is 22.8. The summed E-state index contributed by atoms with van der Waals surface area (Å²) in [6.07, 6.45) is -4.78. The summed E-state index contributed by atoms with van der Waals surface area (Å²) in [5, 5.41) is 48.6. The molecule has 0 radical (unpaired) electrons. The van der Waals surface area contributed by atoms with Crippen LogP contribution in [0.25, 0.3) is 0 Å². The molecule has 28 nitrogen and oxygen atoms in total. The molecule has 1 heterocycles. The van der Waals surface area contributed by atoms with E-state index in [1.807, 2.05) is 0 Å². The number of nitrogens with two attached hydrogens (primary N) is 1. The number of esters is 1. The summed E-state index contributed by atoms with van der Waals surface area (Å²) < 4.78 is 37.8. The minimum atomic E-state index is -2.83. The van der Waals surface area contributed by atoms with Crippen molar-refractivity contribution in [1.82, 2.24) is 58.5 Å². The van der Waals surface area contributed by atoms with Crippen LogP contribution >= 0.6 is 0 Å². The maximum Gasteiger partial charge on any atom is 0.329 e. The monoisotopic (exact) mass is 1250 g/mol. The SMILES string of the molecule is CC[C@H](C)[C@H](NC(=O)[C@@H](Cc1ccc(OC)cc1)NC)C(=O)N[C@@H](CO)C(=O)N[C@H](CCC(N)=O)C(=O)N[C@@H](C(=O)N[C@H](C(=O)N[C@@H](CO)C(=O)N[C@H]1C(=O)NCC(=O)N[C@@]2(C[C@H]2CC(F)F)C(=O)N[C@@H]([C@@H](C)CC)C(=O)O[C@H]1C)[C@@H](C)CC)[C@@H](C)CC. The minimum absolute atomic E-state index is 0.178. The van der Waals surface area contributed by atoms with Crippen molar-refractivity contribution in [3.63, 3.8) is 0 Å². The van der Waals surface area contributed by atoms with E-state index in [2.05, 4.69) is 58.5 Å². The first-order valence-corrected chi connectivity index (χ1v) is 29.8. The summed E-state index contributed by atoms with van der Waals surface area (Å²) >= 11 is 0. The molecule has 1 spiro atoms. The molecule has 2 aliphatic rings. The number of carbonyl (C=O) groups is 12. The Hall–Kier alpha value is -7.60. The molecule has 11 amide bonds. The van der Waals surface area contributed by atoms with E-state index in [0.29, 0.717) is 18.6 Å². The minimum Gasteiger partial charge on any atom is -0.497 e. The van der Waals surface area contributed by atoms with Crippen molar-refractivity contribution in [1.29, 1.82) is 0 Å². The van der Waals surface area contributed by atoms with Crippen LogP contribution in [0.2, 0.25) is 0 Å². The quantitative estimate of drug-likeness (QED) is 0.0330. The molecule has 1 aliphatic carbocycles. The number of likely N-dealkylation sites (N-methyl/N-ethyl adjacent to an activating group) is 1. The summed E-state index contributed by atoms with van der Waals surface area (Å²) in [7, 11) is 3.10. The molecule has 2 fully saturated rings. The van der Waals surface area contributed by atoms with Gasteiger partial charge in [0, 0.05) is 12.8 Å². The van der Waals surface area contributed by atoms with Crippen molar-refractivity contribution < 1.29 is 86.0 Å².